The van der Waals surface area contributed by atoms with Crippen LogP contribution in [0.3, 0.4) is 0 Å². The normalized spacial score (nSPS) is 22.9. The number of nitrogens with zero attached hydrogens (tertiary/aromatic N) is 3. The maximum Gasteiger partial charge on any atom is 0.252 e. The van der Waals surface area contributed by atoms with Crippen molar-refractivity contribution in [3.8, 4) is 11.1 Å². The van der Waals surface area contributed by atoms with Gasteiger partial charge in [-0.2, -0.15) is 0 Å². The highest BCUT2D eigenvalue weighted by Gasteiger charge is 2.58. The Hall–Kier alpha value is -6.56. The Kier molecular flexibility index (Phi) is 9.51. The van der Waals surface area contributed by atoms with Crippen LogP contribution in [0.25, 0.3) is 31.3 Å². The van der Waals surface area contributed by atoms with Crippen LogP contribution in [0.4, 0.5) is 45.5 Å². The summed E-state index contributed by atoms with van der Waals surface area (Å²) < 4.78 is 2.67. The van der Waals surface area contributed by atoms with E-state index in [0.29, 0.717) is 0 Å². The Labute approximate surface area is 467 Å². The molecule has 1 saturated carbocycles. The van der Waals surface area contributed by atoms with Gasteiger partial charge in [0, 0.05) is 65.3 Å². The molecule has 0 spiro atoms. The molecule has 4 aliphatic carbocycles. The third-order valence-corrected chi connectivity index (χ3v) is 23.1. The third-order valence-electron chi connectivity index (χ3n) is 21.9. The summed E-state index contributed by atoms with van der Waals surface area (Å²) in [6.45, 7) is 25.4. The van der Waals surface area contributed by atoms with E-state index < -0.39 is 0 Å². The first-order chi connectivity index (χ1) is 37.4. The number of fused-ring (bicyclic) bond motifs is 15. The molecular formula is C73H72BN3S. The monoisotopic (exact) mass is 1030 g/mol. The van der Waals surface area contributed by atoms with Gasteiger partial charge in [-0.1, -0.05) is 166 Å². The first-order valence-electron chi connectivity index (χ1n) is 29.5. The molecule has 388 valence electrons. The highest BCUT2D eigenvalue weighted by atomic mass is 32.1. The van der Waals surface area contributed by atoms with Crippen molar-refractivity contribution in [1.82, 2.24) is 0 Å². The Morgan fingerprint density at radius 3 is 1.64 bits per heavy atom. The van der Waals surface area contributed by atoms with Crippen LogP contribution in [0.2, 0.25) is 0 Å². The van der Waals surface area contributed by atoms with Crippen LogP contribution in [0, 0.1) is 0 Å². The standard InChI is InChI=1S/C73H72BN3S/c1-68(2)33-35-70(5,6)52-42-59-54(40-50(52)68)74-55-41-51-53(71(7,8)36-34-69(51,3)4)43-60(55)76(58-28-20-30-64-66(58)48-24-13-16-29-63(48)78-64)62-39-46(77-56-26-15-14-25-49(56)72(9)31-17-18-32-73(72,77)10)38-61(67(62)74)75(59)57-27-19-22-45-37-44-21-11-12-23-47(44)65(45)57/h11-16,19-30,38-43H,17-18,31-37H2,1-10H3. The number of hydrogen-bond donors (Lipinski definition) is 0. The van der Waals surface area contributed by atoms with E-state index in [9.17, 15) is 0 Å². The minimum Gasteiger partial charge on any atom is -0.334 e. The number of thiophene rings is 1. The first kappa shape index (κ1) is 47.4. The number of rotatable bonds is 3. The summed E-state index contributed by atoms with van der Waals surface area (Å²) in [6, 6.07) is 58.7. The van der Waals surface area contributed by atoms with Crippen LogP contribution in [-0.2, 0) is 33.5 Å². The first-order valence-corrected chi connectivity index (χ1v) is 30.4. The third kappa shape index (κ3) is 6.13. The van der Waals surface area contributed by atoms with Crippen molar-refractivity contribution in [3.63, 3.8) is 0 Å². The van der Waals surface area contributed by atoms with Gasteiger partial charge in [0.25, 0.3) is 6.71 Å². The van der Waals surface area contributed by atoms with Gasteiger partial charge in [0.2, 0.25) is 0 Å². The van der Waals surface area contributed by atoms with Crippen LogP contribution in [-0.4, -0.2) is 12.3 Å². The molecule has 2 unspecified atom stereocenters. The van der Waals surface area contributed by atoms with Crippen LogP contribution in [0.1, 0.15) is 160 Å². The average molecular weight is 1030 g/mol. The summed E-state index contributed by atoms with van der Waals surface area (Å²) in [5, 5.41) is 2.68. The lowest BCUT2D eigenvalue weighted by Gasteiger charge is -2.52. The lowest BCUT2D eigenvalue weighted by molar-refractivity contribution is 0.195. The summed E-state index contributed by atoms with van der Waals surface area (Å²) in [5.74, 6) is 0. The van der Waals surface area contributed by atoms with Crippen molar-refractivity contribution in [2.75, 3.05) is 14.7 Å². The molecule has 9 aromatic rings. The zero-order chi connectivity index (χ0) is 53.2. The van der Waals surface area contributed by atoms with Gasteiger partial charge in [-0.15, -0.1) is 11.3 Å². The van der Waals surface area contributed by atoms with Crippen molar-refractivity contribution in [1.29, 1.82) is 0 Å². The van der Waals surface area contributed by atoms with E-state index in [1.54, 1.807) is 0 Å². The van der Waals surface area contributed by atoms with Gasteiger partial charge in [-0.25, -0.2) is 0 Å². The zero-order valence-corrected chi connectivity index (χ0v) is 48.4. The van der Waals surface area contributed by atoms with Gasteiger partial charge in [0.15, 0.2) is 0 Å². The Morgan fingerprint density at radius 1 is 0.423 bits per heavy atom. The van der Waals surface area contributed by atoms with E-state index in [2.05, 4.69) is 230 Å². The molecule has 1 fully saturated rings. The second-order valence-corrected chi connectivity index (χ2v) is 29.1. The molecule has 1 aromatic heterocycles. The molecule has 3 nitrogen and oxygen atoms in total. The fourth-order valence-corrected chi connectivity index (χ4v) is 18.3. The molecule has 16 rings (SSSR count). The van der Waals surface area contributed by atoms with Gasteiger partial charge in [-0.3, -0.25) is 0 Å². The van der Waals surface area contributed by atoms with Crippen LogP contribution in [0.15, 0.2) is 146 Å². The summed E-state index contributed by atoms with van der Waals surface area (Å²) in [4.78, 5) is 8.47. The Morgan fingerprint density at radius 2 is 0.949 bits per heavy atom. The summed E-state index contributed by atoms with van der Waals surface area (Å²) in [6.07, 6.45) is 10.4. The number of anilines is 8. The predicted octanol–water partition coefficient (Wildman–Crippen LogP) is 18.1. The van der Waals surface area contributed by atoms with E-state index in [0.717, 1.165) is 25.7 Å². The topological polar surface area (TPSA) is 9.72 Å². The van der Waals surface area contributed by atoms with E-state index >= 15 is 0 Å². The lowest BCUT2D eigenvalue weighted by Crippen LogP contribution is -2.62. The Bertz CT molecular complexity index is 4110. The molecule has 8 aromatic carbocycles. The lowest BCUT2D eigenvalue weighted by atomic mass is 9.32. The molecule has 0 amide bonds. The molecule has 4 heterocycles. The minimum absolute atomic E-state index is 0.00384. The second kappa shape index (κ2) is 15.6. The van der Waals surface area contributed by atoms with Gasteiger partial charge in [-0.05, 0) is 189 Å². The van der Waals surface area contributed by atoms with E-state index in [4.69, 9.17) is 0 Å². The van der Waals surface area contributed by atoms with Gasteiger partial charge < -0.3 is 14.7 Å². The van der Waals surface area contributed by atoms with Gasteiger partial charge >= 0.3 is 0 Å². The molecule has 5 heteroatoms. The van der Waals surface area contributed by atoms with E-state index in [1.165, 1.54) is 164 Å². The molecule has 2 atom stereocenters. The highest BCUT2D eigenvalue weighted by molar-refractivity contribution is 7.26. The van der Waals surface area contributed by atoms with Gasteiger partial charge in [0.1, 0.15) is 0 Å². The van der Waals surface area contributed by atoms with Crippen LogP contribution < -0.4 is 31.1 Å². The molecule has 78 heavy (non-hydrogen) atoms. The molecule has 0 radical (unpaired) electrons. The number of para-hydroxylation sites is 1. The van der Waals surface area contributed by atoms with Crippen molar-refractivity contribution in [2.45, 2.75) is 160 Å². The fourth-order valence-electron chi connectivity index (χ4n) is 17.1. The summed E-state index contributed by atoms with van der Waals surface area (Å²) in [7, 11) is 0. The number of hydrogen-bond acceptors (Lipinski definition) is 4. The van der Waals surface area contributed by atoms with Gasteiger partial charge in [0.05, 0.1) is 16.9 Å². The average Bonchev–Trinajstić information content (AvgIpc) is 2.86. The van der Waals surface area contributed by atoms with E-state index in [-0.39, 0.29) is 39.3 Å². The SMILES string of the molecule is CC1(C)CCC(C)(C)c2cc3c(cc21)B1c2cc4c(cc2N(c2cccc5sc6ccccc6c25)c2cc(N5c6ccccc6C6(C)CCCCC56C)cc(c21)N3c1cccc2c1-c1ccccc1C2)C(C)(C)CCC4(C)C. The summed E-state index contributed by atoms with van der Waals surface area (Å²) >= 11 is 1.93. The summed E-state index contributed by atoms with van der Waals surface area (Å²) in [5.41, 5.74) is 27.9. The van der Waals surface area contributed by atoms with Crippen LogP contribution in [0.5, 0.6) is 0 Å². The zero-order valence-electron chi connectivity index (χ0n) is 47.5. The molecular weight excluding hydrogens is 962 g/mol. The molecule has 0 saturated heterocycles. The minimum atomic E-state index is -0.135. The number of benzene rings is 8. The molecule has 0 bridgehead atoms. The molecule has 7 aliphatic rings. The fraction of sp³-hybridized carbons (Fsp3) is 0.342. The van der Waals surface area contributed by atoms with Crippen molar-refractivity contribution in [2.24, 2.45) is 0 Å². The smallest absolute Gasteiger partial charge is 0.252 e. The molecule has 3 aliphatic heterocycles. The largest absolute Gasteiger partial charge is 0.334 e. The quantitative estimate of drug-likeness (QED) is 0.163. The van der Waals surface area contributed by atoms with Crippen LogP contribution >= 0.6 is 11.3 Å². The second-order valence-electron chi connectivity index (χ2n) is 28.0. The Balaban J connectivity index is 1.10. The highest BCUT2D eigenvalue weighted by Crippen LogP contribution is 2.63. The maximum absolute atomic E-state index is 2.86. The van der Waals surface area contributed by atoms with E-state index in [1.807, 2.05) is 11.3 Å². The van der Waals surface area contributed by atoms with Crippen molar-refractivity contribution < 1.29 is 0 Å². The van der Waals surface area contributed by atoms with Crippen molar-refractivity contribution >= 4 is 100 Å². The predicted molar refractivity (Wildman–Crippen MR) is 335 cm³/mol. The van der Waals surface area contributed by atoms with Crippen molar-refractivity contribution in [3.05, 3.63) is 185 Å². The maximum atomic E-state index is 2.86. The molecule has 0 N–H and O–H groups in total.